The van der Waals surface area contributed by atoms with Crippen LogP contribution in [0.15, 0.2) is 36.7 Å². The number of likely N-dealkylation sites (tertiary alicyclic amines) is 1. The number of benzene rings is 1. The molecule has 0 saturated carbocycles. The number of nitrogens with zero attached hydrogens (tertiary/aromatic N) is 3. The Morgan fingerprint density at radius 3 is 3.00 bits per heavy atom. The number of aromatic nitrogens is 2. The van der Waals surface area contributed by atoms with Crippen molar-refractivity contribution >= 4 is 23.3 Å². The molecule has 1 aromatic heterocycles. The van der Waals surface area contributed by atoms with Gasteiger partial charge in [-0.15, -0.1) is 0 Å². The lowest BCUT2D eigenvalue weighted by Crippen LogP contribution is -2.34. The molecule has 3 rings (SSSR count). The normalized spacial score (nSPS) is 16.8. The second-order valence-electron chi connectivity index (χ2n) is 5.31. The average Bonchev–Trinajstić information content (AvgIpc) is 3.04. The Hall–Kier alpha value is -2.54. The van der Waals surface area contributed by atoms with Gasteiger partial charge in [-0.3, -0.25) is 4.98 Å². The van der Waals surface area contributed by atoms with Crippen molar-refractivity contribution in [3.05, 3.63) is 41.7 Å². The maximum Gasteiger partial charge on any atom is 0.321 e. The third-order valence-electron chi connectivity index (χ3n) is 3.60. The highest BCUT2D eigenvalue weighted by molar-refractivity contribution is 6.30. The summed E-state index contributed by atoms with van der Waals surface area (Å²) in [5, 5.41) is 3.40. The third kappa shape index (κ3) is 4.05. The first-order valence-corrected chi connectivity index (χ1v) is 7.86. The van der Waals surface area contributed by atoms with Gasteiger partial charge < -0.3 is 19.7 Å². The fraction of sp³-hybridized carbons (Fsp3) is 0.312. The summed E-state index contributed by atoms with van der Waals surface area (Å²) >= 11 is 5.92. The van der Waals surface area contributed by atoms with Gasteiger partial charge in [-0.05, 0) is 18.2 Å². The van der Waals surface area contributed by atoms with E-state index in [1.54, 1.807) is 29.2 Å². The van der Waals surface area contributed by atoms with Gasteiger partial charge in [0.15, 0.2) is 0 Å². The van der Waals surface area contributed by atoms with Crippen LogP contribution in [0.25, 0.3) is 0 Å². The van der Waals surface area contributed by atoms with Crippen molar-refractivity contribution in [2.24, 2.45) is 0 Å². The molecule has 0 aliphatic carbocycles. The van der Waals surface area contributed by atoms with E-state index >= 15 is 0 Å². The van der Waals surface area contributed by atoms with Crippen molar-refractivity contribution in [2.75, 3.05) is 25.5 Å². The molecule has 0 bridgehead atoms. The van der Waals surface area contributed by atoms with Gasteiger partial charge in [0.25, 0.3) is 0 Å². The smallest absolute Gasteiger partial charge is 0.321 e. The maximum atomic E-state index is 12.3. The highest BCUT2D eigenvalue weighted by Crippen LogP contribution is 2.20. The quantitative estimate of drug-likeness (QED) is 0.919. The first kappa shape index (κ1) is 16.3. The highest BCUT2D eigenvalue weighted by Gasteiger charge is 2.28. The molecule has 1 atom stereocenters. The van der Waals surface area contributed by atoms with Gasteiger partial charge in [0, 0.05) is 23.7 Å². The van der Waals surface area contributed by atoms with Crippen LogP contribution in [0.3, 0.4) is 0 Å². The van der Waals surface area contributed by atoms with Crippen LogP contribution in [-0.4, -0.2) is 47.2 Å². The van der Waals surface area contributed by atoms with Gasteiger partial charge in [0.1, 0.15) is 6.10 Å². The minimum Gasteiger partial charge on any atom is -0.480 e. The minimum atomic E-state index is -0.180. The Morgan fingerprint density at radius 2 is 2.21 bits per heavy atom. The summed E-state index contributed by atoms with van der Waals surface area (Å²) in [5.41, 5.74) is 0.663. The Kier molecular flexibility index (Phi) is 5.00. The van der Waals surface area contributed by atoms with Gasteiger partial charge in [0.2, 0.25) is 11.8 Å². The number of carbonyl (C=O) groups is 1. The van der Waals surface area contributed by atoms with Crippen molar-refractivity contribution in [1.29, 1.82) is 0 Å². The van der Waals surface area contributed by atoms with Crippen LogP contribution >= 0.6 is 11.6 Å². The van der Waals surface area contributed by atoms with Crippen molar-refractivity contribution in [3.8, 4) is 11.8 Å². The Labute approximate surface area is 144 Å². The van der Waals surface area contributed by atoms with Crippen LogP contribution < -0.4 is 14.8 Å². The van der Waals surface area contributed by atoms with E-state index in [4.69, 9.17) is 21.1 Å². The van der Waals surface area contributed by atoms with Gasteiger partial charge in [-0.25, -0.2) is 4.79 Å². The molecule has 1 aromatic carbocycles. The molecule has 1 unspecified atom stereocenters. The number of anilines is 1. The van der Waals surface area contributed by atoms with E-state index in [-0.39, 0.29) is 12.1 Å². The average molecular weight is 349 g/mol. The molecule has 2 aromatic rings. The number of halogens is 1. The summed E-state index contributed by atoms with van der Waals surface area (Å²) in [6.07, 6.45) is 3.63. The number of hydrogen-bond donors (Lipinski definition) is 1. The summed E-state index contributed by atoms with van der Waals surface area (Å²) in [6.45, 7) is 1.08. The Morgan fingerprint density at radius 1 is 1.38 bits per heavy atom. The van der Waals surface area contributed by atoms with Crippen LogP contribution in [0.1, 0.15) is 6.42 Å². The number of amides is 2. The number of methoxy groups -OCH3 is 1. The van der Waals surface area contributed by atoms with E-state index in [2.05, 4.69) is 15.3 Å². The lowest BCUT2D eigenvalue weighted by Gasteiger charge is -2.17. The van der Waals surface area contributed by atoms with Crippen LogP contribution in [-0.2, 0) is 0 Å². The van der Waals surface area contributed by atoms with Gasteiger partial charge >= 0.3 is 6.03 Å². The number of hydrogen-bond acceptors (Lipinski definition) is 5. The van der Waals surface area contributed by atoms with Crippen molar-refractivity contribution in [2.45, 2.75) is 12.5 Å². The summed E-state index contributed by atoms with van der Waals surface area (Å²) in [6, 6.07) is 6.86. The molecule has 7 nitrogen and oxygen atoms in total. The number of carbonyl (C=O) groups excluding carboxylic acids is 1. The lowest BCUT2D eigenvalue weighted by molar-refractivity contribution is 0.188. The molecule has 1 fully saturated rings. The van der Waals surface area contributed by atoms with E-state index in [9.17, 15) is 4.79 Å². The summed E-state index contributed by atoms with van der Waals surface area (Å²) < 4.78 is 10.8. The minimum absolute atomic E-state index is 0.128. The van der Waals surface area contributed by atoms with Crippen LogP contribution in [0.4, 0.5) is 10.5 Å². The SMILES string of the molecule is COc1cncc(OC2CCN(C(=O)Nc3cccc(Cl)c3)C2)n1. The molecule has 1 aliphatic heterocycles. The van der Waals surface area contributed by atoms with E-state index < -0.39 is 0 Å². The van der Waals surface area contributed by atoms with Gasteiger partial charge in [-0.1, -0.05) is 17.7 Å². The number of ether oxygens (including phenoxy) is 2. The summed E-state index contributed by atoms with van der Waals surface area (Å²) in [4.78, 5) is 22.1. The Balaban J connectivity index is 1.55. The Bertz CT molecular complexity index is 728. The molecule has 1 N–H and O–H groups in total. The molecule has 1 aliphatic rings. The molecule has 0 radical (unpaired) electrons. The van der Waals surface area contributed by atoms with E-state index in [1.165, 1.54) is 19.5 Å². The first-order chi connectivity index (χ1) is 11.6. The zero-order chi connectivity index (χ0) is 16.9. The number of rotatable bonds is 4. The van der Waals surface area contributed by atoms with E-state index in [0.717, 1.165) is 6.42 Å². The maximum absolute atomic E-state index is 12.3. The van der Waals surface area contributed by atoms with Gasteiger partial charge in [-0.2, -0.15) is 4.98 Å². The van der Waals surface area contributed by atoms with E-state index in [0.29, 0.717) is 35.6 Å². The second-order valence-corrected chi connectivity index (χ2v) is 5.75. The zero-order valence-electron chi connectivity index (χ0n) is 13.1. The zero-order valence-corrected chi connectivity index (χ0v) is 13.9. The molecule has 8 heteroatoms. The monoisotopic (exact) mass is 348 g/mol. The van der Waals surface area contributed by atoms with Gasteiger partial charge in [0.05, 0.1) is 26.0 Å². The molecular formula is C16H17ClN4O3. The van der Waals surface area contributed by atoms with Crippen molar-refractivity contribution in [1.82, 2.24) is 14.9 Å². The van der Waals surface area contributed by atoms with Crippen LogP contribution in [0.2, 0.25) is 5.02 Å². The van der Waals surface area contributed by atoms with Crippen molar-refractivity contribution < 1.29 is 14.3 Å². The molecule has 2 heterocycles. The van der Waals surface area contributed by atoms with Crippen LogP contribution in [0, 0.1) is 0 Å². The molecule has 126 valence electrons. The van der Waals surface area contributed by atoms with Crippen molar-refractivity contribution in [3.63, 3.8) is 0 Å². The fourth-order valence-electron chi connectivity index (χ4n) is 2.43. The molecule has 2 amide bonds. The third-order valence-corrected chi connectivity index (χ3v) is 3.83. The molecule has 24 heavy (non-hydrogen) atoms. The number of nitrogens with one attached hydrogen (secondary N) is 1. The predicted molar refractivity (Wildman–Crippen MR) is 89.7 cm³/mol. The summed E-state index contributed by atoms with van der Waals surface area (Å²) in [5.74, 6) is 0.775. The second kappa shape index (κ2) is 7.35. The molecular weight excluding hydrogens is 332 g/mol. The standard InChI is InChI=1S/C16H17ClN4O3/c1-23-14-8-18-9-15(20-14)24-13-5-6-21(10-13)16(22)19-12-4-2-3-11(17)7-12/h2-4,7-9,13H,5-6,10H2,1H3,(H,19,22). The van der Waals surface area contributed by atoms with E-state index in [1.807, 2.05) is 0 Å². The highest BCUT2D eigenvalue weighted by atomic mass is 35.5. The lowest BCUT2D eigenvalue weighted by atomic mass is 10.3. The molecule has 1 saturated heterocycles. The largest absolute Gasteiger partial charge is 0.480 e. The fourth-order valence-corrected chi connectivity index (χ4v) is 2.62. The summed E-state index contributed by atoms with van der Waals surface area (Å²) in [7, 11) is 1.52. The predicted octanol–water partition coefficient (Wildman–Crippen LogP) is 2.82. The number of urea groups is 1. The van der Waals surface area contributed by atoms with Crippen LogP contribution in [0.5, 0.6) is 11.8 Å². The topological polar surface area (TPSA) is 76.6 Å². The first-order valence-electron chi connectivity index (χ1n) is 7.48. The molecule has 0 spiro atoms.